The Morgan fingerprint density at radius 3 is 2.88 bits per heavy atom. The number of para-hydroxylation sites is 1. The molecule has 24 heavy (non-hydrogen) atoms. The summed E-state index contributed by atoms with van der Waals surface area (Å²) in [5.41, 5.74) is 9.33. The Labute approximate surface area is 142 Å². The van der Waals surface area contributed by atoms with Crippen LogP contribution in [0.15, 0.2) is 36.5 Å². The van der Waals surface area contributed by atoms with Crippen molar-refractivity contribution in [2.75, 3.05) is 13.1 Å². The molecule has 5 nitrogen and oxygen atoms in total. The Morgan fingerprint density at radius 2 is 2.08 bits per heavy atom. The molecule has 1 aliphatic carbocycles. The van der Waals surface area contributed by atoms with E-state index in [9.17, 15) is 4.79 Å². The minimum Gasteiger partial charge on any atom is -0.338 e. The van der Waals surface area contributed by atoms with Gasteiger partial charge in [-0.15, -0.1) is 0 Å². The molecule has 1 aliphatic heterocycles. The molecular formula is C19H24N4O. The Hall–Kier alpha value is -2.14. The van der Waals surface area contributed by atoms with E-state index in [0.717, 1.165) is 37.9 Å². The molecule has 0 spiro atoms. The van der Waals surface area contributed by atoms with Gasteiger partial charge in [0.2, 0.25) is 5.91 Å². The highest BCUT2D eigenvalue weighted by Crippen LogP contribution is 2.33. The van der Waals surface area contributed by atoms with Gasteiger partial charge in [0.1, 0.15) is 0 Å². The van der Waals surface area contributed by atoms with E-state index in [2.05, 4.69) is 17.2 Å². The van der Waals surface area contributed by atoms with Crippen molar-refractivity contribution in [3.05, 3.63) is 47.8 Å². The number of fused-ring (bicyclic) bond motifs is 1. The first-order valence-corrected chi connectivity index (χ1v) is 8.88. The molecule has 2 atom stereocenters. The summed E-state index contributed by atoms with van der Waals surface area (Å²) >= 11 is 0. The fourth-order valence-electron chi connectivity index (χ4n) is 4.19. The summed E-state index contributed by atoms with van der Waals surface area (Å²) in [6.07, 6.45) is 5.99. The molecule has 0 radical (unpaired) electrons. The van der Waals surface area contributed by atoms with E-state index in [1.54, 1.807) is 0 Å². The molecule has 0 unspecified atom stereocenters. The van der Waals surface area contributed by atoms with Crippen molar-refractivity contribution in [3.8, 4) is 5.69 Å². The van der Waals surface area contributed by atoms with Crippen molar-refractivity contribution in [1.82, 2.24) is 14.7 Å². The van der Waals surface area contributed by atoms with Gasteiger partial charge in [0.15, 0.2) is 0 Å². The second kappa shape index (κ2) is 6.40. The standard InChI is InChI=1S/C19H24N4O/c20-11-14-5-4-8-17(14)19(24)22-10-9-18-15(13-22)12-21-23(18)16-6-2-1-3-7-16/h1-3,6-7,12,14,17H,4-5,8-11,13,20H2/t14-,17-/m1/s1. The molecule has 2 aromatic rings. The first-order valence-electron chi connectivity index (χ1n) is 8.88. The molecule has 126 valence electrons. The zero-order chi connectivity index (χ0) is 16.5. The van der Waals surface area contributed by atoms with E-state index in [1.165, 1.54) is 11.3 Å². The third kappa shape index (κ3) is 2.63. The van der Waals surface area contributed by atoms with Crippen molar-refractivity contribution in [1.29, 1.82) is 0 Å². The Balaban J connectivity index is 1.53. The summed E-state index contributed by atoms with van der Waals surface area (Å²) in [4.78, 5) is 14.9. The van der Waals surface area contributed by atoms with Crippen LogP contribution in [0, 0.1) is 11.8 Å². The Bertz CT molecular complexity index is 724. The van der Waals surface area contributed by atoms with Crippen molar-refractivity contribution >= 4 is 5.91 Å². The quantitative estimate of drug-likeness (QED) is 0.941. The first-order chi connectivity index (χ1) is 11.8. The average Bonchev–Trinajstić information content (AvgIpc) is 3.27. The highest BCUT2D eigenvalue weighted by atomic mass is 16.2. The average molecular weight is 324 g/mol. The van der Waals surface area contributed by atoms with Crippen LogP contribution < -0.4 is 5.73 Å². The van der Waals surface area contributed by atoms with Crippen LogP contribution in [0.2, 0.25) is 0 Å². The lowest BCUT2D eigenvalue weighted by atomic mass is 9.93. The summed E-state index contributed by atoms with van der Waals surface area (Å²) in [7, 11) is 0. The van der Waals surface area contributed by atoms with Gasteiger partial charge in [-0.3, -0.25) is 4.79 Å². The maximum absolute atomic E-state index is 12.9. The van der Waals surface area contributed by atoms with Crippen LogP contribution in [0.5, 0.6) is 0 Å². The minimum absolute atomic E-state index is 0.126. The van der Waals surface area contributed by atoms with Crippen molar-refractivity contribution in [2.45, 2.75) is 32.2 Å². The predicted molar refractivity (Wildman–Crippen MR) is 92.6 cm³/mol. The largest absolute Gasteiger partial charge is 0.338 e. The molecule has 1 amide bonds. The van der Waals surface area contributed by atoms with Gasteiger partial charge in [0.25, 0.3) is 0 Å². The molecule has 1 fully saturated rings. The van der Waals surface area contributed by atoms with Crippen LogP contribution in [-0.2, 0) is 17.8 Å². The van der Waals surface area contributed by atoms with E-state index < -0.39 is 0 Å². The number of aromatic nitrogens is 2. The summed E-state index contributed by atoms with van der Waals surface area (Å²) in [5, 5.41) is 4.55. The third-order valence-corrected chi connectivity index (χ3v) is 5.53. The van der Waals surface area contributed by atoms with Gasteiger partial charge in [-0.25, -0.2) is 4.68 Å². The highest BCUT2D eigenvalue weighted by Gasteiger charge is 2.36. The van der Waals surface area contributed by atoms with Gasteiger partial charge in [-0.1, -0.05) is 24.6 Å². The molecule has 1 aromatic carbocycles. The number of carbonyl (C=O) groups excluding carboxylic acids is 1. The Kier molecular flexibility index (Phi) is 4.10. The SMILES string of the molecule is NC[C@H]1CCC[C@H]1C(=O)N1CCc2c(cnn2-c2ccccc2)C1. The number of amides is 1. The predicted octanol–water partition coefficient (Wildman–Crippen LogP) is 2.13. The molecule has 2 heterocycles. The van der Waals surface area contributed by atoms with Crippen LogP contribution in [-0.4, -0.2) is 33.7 Å². The van der Waals surface area contributed by atoms with Gasteiger partial charge in [0.05, 0.1) is 17.6 Å². The van der Waals surface area contributed by atoms with Gasteiger partial charge >= 0.3 is 0 Å². The lowest BCUT2D eigenvalue weighted by molar-refractivity contribution is -0.137. The summed E-state index contributed by atoms with van der Waals surface area (Å²) < 4.78 is 2.01. The molecule has 4 rings (SSSR count). The van der Waals surface area contributed by atoms with Crippen molar-refractivity contribution < 1.29 is 4.79 Å². The van der Waals surface area contributed by atoms with Crippen molar-refractivity contribution in [3.63, 3.8) is 0 Å². The maximum Gasteiger partial charge on any atom is 0.226 e. The minimum atomic E-state index is 0.126. The number of hydrogen-bond donors (Lipinski definition) is 1. The number of benzene rings is 1. The van der Waals surface area contributed by atoms with Crippen LogP contribution in [0.4, 0.5) is 0 Å². The second-order valence-corrected chi connectivity index (χ2v) is 6.91. The third-order valence-electron chi connectivity index (χ3n) is 5.53. The first kappa shape index (κ1) is 15.4. The van der Waals surface area contributed by atoms with Gasteiger partial charge in [0, 0.05) is 31.0 Å². The van der Waals surface area contributed by atoms with E-state index in [0.29, 0.717) is 24.9 Å². The maximum atomic E-state index is 12.9. The normalized spacial score (nSPS) is 23.3. The number of carbonyl (C=O) groups is 1. The number of rotatable bonds is 3. The monoisotopic (exact) mass is 324 g/mol. The zero-order valence-corrected chi connectivity index (χ0v) is 13.9. The lowest BCUT2D eigenvalue weighted by Gasteiger charge is -2.31. The fraction of sp³-hybridized carbons (Fsp3) is 0.474. The molecule has 2 aliphatic rings. The lowest BCUT2D eigenvalue weighted by Crippen LogP contribution is -2.42. The molecule has 1 aromatic heterocycles. The molecule has 5 heteroatoms. The smallest absolute Gasteiger partial charge is 0.226 e. The van der Waals surface area contributed by atoms with Crippen LogP contribution >= 0.6 is 0 Å². The number of nitrogens with zero attached hydrogens (tertiary/aromatic N) is 3. The van der Waals surface area contributed by atoms with E-state index in [4.69, 9.17) is 5.73 Å². The van der Waals surface area contributed by atoms with Crippen LogP contribution in [0.3, 0.4) is 0 Å². The highest BCUT2D eigenvalue weighted by molar-refractivity contribution is 5.79. The summed E-state index contributed by atoms with van der Waals surface area (Å²) in [5.74, 6) is 0.785. The molecular weight excluding hydrogens is 300 g/mol. The molecule has 0 bridgehead atoms. The molecule has 0 saturated heterocycles. The summed E-state index contributed by atoms with van der Waals surface area (Å²) in [6, 6.07) is 10.2. The van der Waals surface area contributed by atoms with E-state index in [-0.39, 0.29) is 5.92 Å². The Morgan fingerprint density at radius 1 is 1.25 bits per heavy atom. The second-order valence-electron chi connectivity index (χ2n) is 6.91. The zero-order valence-electron chi connectivity index (χ0n) is 13.9. The summed E-state index contributed by atoms with van der Waals surface area (Å²) in [6.45, 7) is 2.08. The van der Waals surface area contributed by atoms with Crippen molar-refractivity contribution in [2.24, 2.45) is 17.6 Å². The molecule has 1 saturated carbocycles. The van der Waals surface area contributed by atoms with E-state index >= 15 is 0 Å². The fourth-order valence-corrected chi connectivity index (χ4v) is 4.19. The van der Waals surface area contributed by atoms with Gasteiger partial charge in [-0.2, -0.15) is 5.10 Å². The topological polar surface area (TPSA) is 64.2 Å². The van der Waals surface area contributed by atoms with Gasteiger partial charge < -0.3 is 10.6 Å². The number of hydrogen-bond acceptors (Lipinski definition) is 3. The number of nitrogens with two attached hydrogens (primary N) is 1. The van der Waals surface area contributed by atoms with Crippen LogP contribution in [0.1, 0.15) is 30.5 Å². The van der Waals surface area contributed by atoms with Gasteiger partial charge in [-0.05, 0) is 37.4 Å². The molecule has 2 N–H and O–H groups in total. The van der Waals surface area contributed by atoms with Crippen LogP contribution in [0.25, 0.3) is 5.69 Å². The van der Waals surface area contributed by atoms with E-state index in [1.807, 2.05) is 34.0 Å².